The summed E-state index contributed by atoms with van der Waals surface area (Å²) in [6, 6.07) is 7.73. The van der Waals surface area contributed by atoms with Crippen molar-refractivity contribution < 1.29 is 62.2 Å². The summed E-state index contributed by atoms with van der Waals surface area (Å²) in [5.41, 5.74) is 1.16. The minimum atomic E-state index is -7.68. The molecule has 0 saturated carbocycles. The molecule has 2 aromatic rings. The Kier molecular flexibility index (Phi) is 7.96. The number of rotatable bonds is 10. The van der Waals surface area contributed by atoms with Crippen LogP contribution in [0, 0.1) is 0 Å². The molecule has 1 aromatic heterocycles. The van der Waals surface area contributed by atoms with Crippen molar-refractivity contribution in [3.05, 3.63) is 53.7 Å². The molecule has 0 unspecified atom stereocenters. The molecule has 0 fully saturated rings. The number of benzene rings is 1. The average molecular weight is 541 g/mol. The Bertz CT molecular complexity index is 1050. The number of esters is 1. The van der Waals surface area contributed by atoms with E-state index < -0.39 is 54.2 Å². The Labute approximate surface area is 195 Å². The molecule has 0 bridgehead atoms. The zero-order valence-corrected chi connectivity index (χ0v) is 17.8. The predicted octanol–water partition coefficient (Wildman–Crippen LogP) is 6.91. The van der Waals surface area contributed by atoms with Crippen molar-refractivity contribution in [1.82, 2.24) is 4.98 Å². The normalized spacial score (nSPS) is 13.7. The molecule has 3 nitrogen and oxygen atoms in total. The lowest BCUT2D eigenvalue weighted by Crippen LogP contribution is -2.69. The van der Waals surface area contributed by atoms with Crippen molar-refractivity contribution in [2.75, 3.05) is 6.61 Å². The topological polar surface area (TPSA) is 39.2 Å². The van der Waals surface area contributed by atoms with Gasteiger partial charge in [-0.15, -0.1) is 0 Å². The largest absolute Gasteiger partial charge is 0.455 e. The first kappa shape index (κ1) is 29.2. The Morgan fingerprint density at radius 2 is 1.39 bits per heavy atom. The molecule has 0 aliphatic carbocycles. The minimum Gasteiger partial charge on any atom is -0.455 e. The molecule has 0 atom stereocenters. The van der Waals surface area contributed by atoms with Crippen LogP contribution in [0.5, 0.6) is 0 Å². The van der Waals surface area contributed by atoms with Crippen molar-refractivity contribution in [1.29, 1.82) is 0 Å². The molecule has 0 aliphatic heterocycles. The van der Waals surface area contributed by atoms with E-state index in [2.05, 4.69) is 9.72 Å². The van der Waals surface area contributed by atoms with Gasteiger partial charge >= 0.3 is 42.0 Å². The minimum absolute atomic E-state index is 0.410. The molecular formula is C21H15F12NO2. The lowest BCUT2D eigenvalue weighted by molar-refractivity contribution is -0.414. The van der Waals surface area contributed by atoms with Crippen LogP contribution >= 0.6 is 0 Å². The van der Waals surface area contributed by atoms with Crippen LogP contribution in [0.3, 0.4) is 0 Å². The van der Waals surface area contributed by atoms with Gasteiger partial charge in [-0.1, -0.05) is 25.1 Å². The molecule has 15 heteroatoms. The lowest BCUT2D eigenvalue weighted by Gasteiger charge is -2.38. The molecule has 1 heterocycles. The van der Waals surface area contributed by atoms with Crippen LogP contribution in [0.15, 0.2) is 42.6 Å². The van der Waals surface area contributed by atoms with Gasteiger partial charge in [0.25, 0.3) is 0 Å². The van der Waals surface area contributed by atoms with Gasteiger partial charge in [0, 0.05) is 11.8 Å². The van der Waals surface area contributed by atoms with Gasteiger partial charge in [0.2, 0.25) is 0 Å². The van der Waals surface area contributed by atoms with Crippen molar-refractivity contribution >= 4 is 5.97 Å². The van der Waals surface area contributed by atoms with Crippen molar-refractivity contribution in [2.24, 2.45) is 0 Å². The number of pyridine rings is 1. The molecule has 0 saturated heterocycles. The van der Waals surface area contributed by atoms with Gasteiger partial charge < -0.3 is 4.74 Å². The third kappa shape index (κ3) is 4.96. The number of aromatic nitrogens is 1. The molecule has 200 valence electrons. The smallest absolute Gasteiger partial charge is 0.384 e. The molecule has 36 heavy (non-hydrogen) atoms. The van der Waals surface area contributed by atoms with E-state index in [-0.39, 0.29) is 0 Å². The molecule has 0 amide bonds. The van der Waals surface area contributed by atoms with E-state index in [1.807, 2.05) is 6.92 Å². The van der Waals surface area contributed by atoms with E-state index in [1.165, 1.54) is 12.1 Å². The summed E-state index contributed by atoms with van der Waals surface area (Å²) in [6.45, 7) is -1.09. The Hall–Kier alpha value is -3.00. The number of hydrogen-bond donors (Lipinski definition) is 0. The van der Waals surface area contributed by atoms with E-state index in [0.29, 0.717) is 17.7 Å². The number of aryl methyl sites for hydroxylation is 1. The zero-order chi connectivity index (χ0) is 27.7. The summed E-state index contributed by atoms with van der Waals surface area (Å²) in [6.07, 6.45) is -3.35. The summed E-state index contributed by atoms with van der Waals surface area (Å²) in [7, 11) is 0. The number of alkyl halides is 12. The SMILES string of the molecule is CCc1ccc(-c2ccc(C(=O)OCC(F)(F)C(F)(F)C(F)(F)C(F)(F)C(F)(F)C(F)F)cc2)nc1. The van der Waals surface area contributed by atoms with Crippen molar-refractivity contribution in [3.8, 4) is 11.3 Å². The number of hydrogen-bond acceptors (Lipinski definition) is 3. The molecule has 2 rings (SSSR count). The lowest BCUT2D eigenvalue weighted by atomic mass is 9.94. The summed E-state index contributed by atoms with van der Waals surface area (Å²) in [5, 5.41) is 0. The number of carbonyl (C=O) groups is 1. The second-order valence-electron chi connectivity index (χ2n) is 7.41. The maximum Gasteiger partial charge on any atom is 0.384 e. The van der Waals surface area contributed by atoms with Gasteiger partial charge in [-0.2, -0.15) is 43.9 Å². The number of ether oxygens (including phenoxy) is 1. The quantitative estimate of drug-likeness (QED) is 0.243. The fraction of sp³-hybridized carbons (Fsp3) is 0.429. The third-order valence-corrected chi connectivity index (χ3v) is 4.97. The fourth-order valence-corrected chi connectivity index (χ4v) is 2.68. The number of halogens is 12. The van der Waals surface area contributed by atoms with Gasteiger partial charge in [0.1, 0.15) is 0 Å². The van der Waals surface area contributed by atoms with Crippen molar-refractivity contribution in [2.45, 2.75) is 49.4 Å². The van der Waals surface area contributed by atoms with Gasteiger partial charge in [-0.05, 0) is 30.2 Å². The monoisotopic (exact) mass is 541 g/mol. The Morgan fingerprint density at radius 1 is 0.833 bits per heavy atom. The van der Waals surface area contributed by atoms with Crippen LogP contribution in [-0.4, -0.2) is 53.6 Å². The maximum absolute atomic E-state index is 13.8. The number of nitrogens with zero attached hydrogens (tertiary/aromatic N) is 1. The maximum atomic E-state index is 13.8. The Balaban J connectivity index is 2.19. The first-order chi connectivity index (χ1) is 16.3. The highest BCUT2D eigenvalue weighted by molar-refractivity contribution is 5.90. The first-order valence-electron chi connectivity index (χ1n) is 9.73. The number of carbonyl (C=O) groups excluding carboxylic acids is 1. The first-order valence-corrected chi connectivity index (χ1v) is 9.73. The summed E-state index contributed by atoms with van der Waals surface area (Å²) in [4.78, 5) is 16.0. The molecular weight excluding hydrogens is 526 g/mol. The van der Waals surface area contributed by atoms with E-state index >= 15 is 0 Å². The van der Waals surface area contributed by atoms with Crippen LogP contribution in [0.2, 0.25) is 0 Å². The van der Waals surface area contributed by atoms with Crippen LogP contribution in [0.25, 0.3) is 11.3 Å². The van der Waals surface area contributed by atoms with Gasteiger partial charge in [-0.3, -0.25) is 4.98 Å². The molecule has 0 spiro atoms. The molecule has 0 aliphatic rings. The van der Waals surface area contributed by atoms with Crippen LogP contribution < -0.4 is 0 Å². The zero-order valence-electron chi connectivity index (χ0n) is 17.8. The molecule has 0 N–H and O–H groups in total. The summed E-state index contributed by atoms with van der Waals surface area (Å²) < 4.78 is 162. The average Bonchev–Trinajstić information content (AvgIpc) is 2.82. The third-order valence-electron chi connectivity index (χ3n) is 4.97. The Morgan fingerprint density at radius 3 is 1.83 bits per heavy atom. The van der Waals surface area contributed by atoms with Crippen LogP contribution in [0.1, 0.15) is 22.8 Å². The van der Waals surface area contributed by atoms with E-state index in [0.717, 1.165) is 17.7 Å². The van der Waals surface area contributed by atoms with Gasteiger partial charge in [0.15, 0.2) is 6.61 Å². The van der Waals surface area contributed by atoms with Crippen LogP contribution in [0.4, 0.5) is 52.7 Å². The van der Waals surface area contributed by atoms with E-state index in [4.69, 9.17) is 0 Å². The van der Waals surface area contributed by atoms with E-state index in [9.17, 15) is 57.5 Å². The molecule has 0 radical (unpaired) electrons. The highest BCUT2D eigenvalue weighted by atomic mass is 19.4. The highest BCUT2D eigenvalue weighted by Gasteiger charge is 2.87. The second kappa shape index (κ2) is 9.81. The van der Waals surface area contributed by atoms with Crippen molar-refractivity contribution in [3.63, 3.8) is 0 Å². The summed E-state index contributed by atoms with van der Waals surface area (Å²) in [5.74, 6) is -37.9. The van der Waals surface area contributed by atoms with Gasteiger partial charge in [-0.25, -0.2) is 13.6 Å². The fourth-order valence-electron chi connectivity index (χ4n) is 2.68. The van der Waals surface area contributed by atoms with Gasteiger partial charge in [0.05, 0.1) is 11.3 Å². The predicted molar refractivity (Wildman–Crippen MR) is 100 cm³/mol. The highest BCUT2D eigenvalue weighted by Crippen LogP contribution is 2.58. The van der Waals surface area contributed by atoms with Crippen LogP contribution in [-0.2, 0) is 11.2 Å². The summed E-state index contributed by atoms with van der Waals surface area (Å²) >= 11 is 0. The second-order valence-corrected chi connectivity index (χ2v) is 7.41. The standard InChI is InChI=1S/C21H15F12NO2/c1-2-11-3-8-14(34-9-11)12-4-6-13(7-5-12)15(35)36-10-17(24,25)19(28,29)21(32,33)20(30,31)18(26,27)16(22)23/h3-9,16H,2,10H2,1H3. The molecule has 1 aromatic carbocycles. The van der Waals surface area contributed by atoms with E-state index in [1.54, 1.807) is 18.3 Å².